The molecule has 4 rings (SSSR count). The lowest BCUT2D eigenvalue weighted by atomic mass is 9.46. The summed E-state index contributed by atoms with van der Waals surface area (Å²) in [4.78, 5) is 25.4. The number of Topliss-reactive ketones (excluding diaryl/α,β-unsaturated/α-hetero) is 1. The van der Waals surface area contributed by atoms with E-state index in [0.29, 0.717) is 23.3 Å². The average Bonchev–Trinajstić information content (AvgIpc) is 3.07. The van der Waals surface area contributed by atoms with E-state index in [-0.39, 0.29) is 40.7 Å². The van der Waals surface area contributed by atoms with Crippen molar-refractivity contribution in [2.45, 2.75) is 91.8 Å². The number of fused-ring (bicyclic) bond motifs is 5. The van der Waals surface area contributed by atoms with Crippen LogP contribution in [-0.4, -0.2) is 29.1 Å². The van der Waals surface area contributed by atoms with Crippen molar-refractivity contribution >= 4 is 11.8 Å². The molecule has 3 saturated carbocycles. The first-order valence-corrected chi connectivity index (χ1v) is 11.8. The largest absolute Gasteiger partial charge is 0.458 e. The van der Waals surface area contributed by atoms with Crippen LogP contribution in [0.25, 0.3) is 0 Å². The standard InChI is InChI=1S/C26H38O4/c1-6-15(2)24(29)30-23-14-22-19(21-10-9-20(16(3)27)26(21,23)5)8-7-17-13-18(28)11-12-25(17,22)4/h6-7,18-23,28H,8-14H2,1-5H3/t18-,19?,20?,21?,22?,23+,25-,26+/m0/s1. The van der Waals surface area contributed by atoms with E-state index >= 15 is 0 Å². The van der Waals surface area contributed by atoms with Crippen molar-refractivity contribution in [1.82, 2.24) is 0 Å². The van der Waals surface area contributed by atoms with Crippen LogP contribution >= 0.6 is 0 Å². The van der Waals surface area contributed by atoms with Crippen molar-refractivity contribution in [1.29, 1.82) is 0 Å². The van der Waals surface area contributed by atoms with Gasteiger partial charge in [-0.3, -0.25) is 4.79 Å². The second-order valence-corrected chi connectivity index (χ2v) is 10.9. The summed E-state index contributed by atoms with van der Waals surface area (Å²) < 4.78 is 6.21. The Hall–Kier alpha value is -1.42. The fraction of sp³-hybridized carbons (Fsp3) is 0.769. The number of carbonyl (C=O) groups is 2. The predicted molar refractivity (Wildman–Crippen MR) is 117 cm³/mol. The summed E-state index contributed by atoms with van der Waals surface area (Å²) >= 11 is 0. The van der Waals surface area contributed by atoms with Gasteiger partial charge < -0.3 is 9.84 Å². The number of ketones is 1. The normalized spacial score (nSPS) is 45.7. The molecule has 0 saturated heterocycles. The molecule has 4 unspecified atom stereocenters. The third-order valence-electron chi connectivity index (χ3n) is 9.65. The molecule has 4 aliphatic rings. The Kier molecular flexibility index (Phi) is 5.53. The van der Waals surface area contributed by atoms with Crippen molar-refractivity contribution in [3.63, 3.8) is 0 Å². The Bertz CT molecular complexity index is 795. The first-order valence-electron chi connectivity index (χ1n) is 11.8. The molecule has 0 radical (unpaired) electrons. The monoisotopic (exact) mass is 414 g/mol. The molecule has 8 atom stereocenters. The number of hydrogen-bond donors (Lipinski definition) is 1. The quantitative estimate of drug-likeness (QED) is 0.401. The maximum atomic E-state index is 12.8. The zero-order valence-corrected chi connectivity index (χ0v) is 19.2. The fourth-order valence-corrected chi connectivity index (χ4v) is 7.76. The number of rotatable bonds is 3. The molecule has 0 bridgehead atoms. The summed E-state index contributed by atoms with van der Waals surface area (Å²) in [6, 6.07) is 0. The minimum Gasteiger partial charge on any atom is -0.458 e. The Morgan fingerprint density at radius 3 is 2.57 bits per heavy atom. The molecule has 4 nitrogen and oxygen atoms in total. The molecular weight excluding hydrogens is 376 g/mol. The van der Waals surface area contributed by atoms with E-state index < -0.39 is 0 Å². The maximum absolute atomic E-state index is 12.8. The second-order valence-electron chi connectivity index (χ2n) is 10.9. The van der Waals surface area contributed by atoms with Crippen molar-refractivity contribution in [2.24, 2.45) is 34.5 Å². The summed E-state index contributed by atoms with van der Waals surface area (Å²) in [7, 11) is 0. The van der Waals surface area contributed by atoms with Crippen LogP contribution < -0.4 is 0 Å². The Morgan fingerprint density at radius 1 is 1.17 bits per heavy atom. The molecule has 1 N–H and O–H groups in total. The number of esters is 1. The molecule has 4 heteroatoms. The molecule has 0 heterocycles. The Labute approximate surface area is 181 Å². The van der Waals surface area contributed by atoms with Gasteiger partial charge in [-0.25, -0.2) is 4.79 Å². The van der Waals surface area contributed by atoms with Crippen LogP contribution in [0.5, 0.6) is 0 Å². The van der Waals surface area contributed by atoms with Crippen LogP contribution in [0.1, 0.15) is 79.6 Å². The summed E-state index contributed by atoms with van der Waals surface area (Å²) in [5.74, 6) is 1.33. The van der Waals surface area contributed by atoms with Gasteiger partial charge in [0, 0.05) is 16.9 Å². The van der Waals surface area contributed by atoms with Crippen molar-refractivity contribution < 1.29 is 19.4 Å². The average molecular weight is 415 g/mol. The third kappa shape index (κ3) is 3.13. The predicted octanol–water partition coefficient (Wildman–Crippen LogP) is 5.00. The lowest BCUT2D eigenvalue weighted by Crippen LogP contribution is -2.57. The van der Waals surface area contributed by atoms with Gasteiger partial charge in [-0.1, -0.05) is 31.6 Å². The highest BCUT2D eigenvalue weighted by Crippen LogP contribution is 2.66. The van der Waals surface area contributed by atoms with Gasteiger partial charge in [0.05, 0.1) is 6.10 Å². The first kappa shape index (κ1) is 21.8. The Balaban J connectivity index is 1.73. The van der Waals surface area contributed by atoms with Gasteiger partial charge in [0.25, 0.3) is 0 Å². The molecule has 0 aliphatic heterocycles. The van der Waals surface area contributed by atoms with Gasteiger partial charge in [-0.2, -0.15) is 0 Å². The number of allylic oxidation sites excluding steroid dienone is 2. The highest BCUT2D eigenvalue weighted by molar-refractivity contribution is 5.88. The first-order chi connectivity index (χ1) is 14.1. The molecule has 3 fully saturated rings. The van der Waals surface area contributed by atoms with E-state index in [4.69, 9.17) is 4.74 Å². The highest BCUT2D eigenvalue weighted by Gasteiger charge is 2.64. The molecule has 0 aromatic rings. The molecule has 0 spiro atoms. The van der Waals surface area contributed by atoms with Crippen LogP contribution in [0.3, 0.4) is 0 Å². The van der Waals surface area contributed by atoms with Crippen LogP contribution in [0.2, 0.25) is 0 Å². The number of hydrogen-bond acceptors (Lipinski definition) is 4. The third-order valence-corrected chi connectivity index (χ3v) is 9.65. The maximum Gasteiger partial charge on any atom is 0.333 e. The summed E-state index contributed by atoms with van der Waals surface area (Å²) in [6.45, 7) is 9.97. The molecule has 166 valence electrons. The molecule has 0 aromatic heterocycles. The van der Waals surface area contributed by atoms with Gasteiger partial charge >= 0.3 is 5.97 Å². The van der Waals surface area contributed by atoms with E-state index in [9.17, 15) is 14.7 Å². The number of carbonyl (C=O) groups excluding carboxylic acids is 2. The molecule has 0 amide bonds. The van der Waals surface area contributed by atoms with Crippen LogP contribution in [0.4, 0.5) is 0 Å². The van der Waals surface area contributed by atoms with Gasteiger partial charge in [-0.15, -0.1) is 0 Å². The van der Waals surface area contributed by atoms with Gasteiger partial charge in [-0.05, 0) is 88.9 Å². The minimum absolute atomic E-state index is 0.0291. The van der Waals surface area contributed by atoms with Gasteiger partial charge in [0.15, 0.2) is 0 Å². The van der Waals surface area contributed by atoms with Crippen molar-refractivity contribution in [3.05, 3.63) is 23.3 Å². The lowest BCUT2D eigenvalue weighted by Gasteiger charge is -2.59. The SMILES string of the molecule is CC=C(C)C(=O)O[C@@H]1CC2C(CC=C3C[C@@H](O)CC[C@@]32C)C2CCC(C(C)=O)[C@]21C. The highest BCUT2D eigenvalue weighted by atomic mass is 16.5. The van der Waals surface area contributed by atoms with E-state index in [1.807, 2.05) is 6.92 Å². The fourth-order valence-electron chi connectivity index (χ4n) is 7.76. The molecule has 30 heavy (non-hydrogen) atoms. The number of aliphatic hydroxyl groups excluding tert-OH is 1. The van der Waals surface area contributed by atoms with E-state index in [1.165, 1.54) is 5.57 Å². The minimum atomic E-state index is -0.285. The zero-order valence-electron chi connectivity index (χ0n) is 19.2. The van der Waals surface area contributed by atoms with E-state index in [0.717, 1.165) is 44.9 Å². The van der Waals surface area contributed by atoms with Gasteiger partial charge in [0.1, 0.15) is 11.9 Å². The van der Waals surface area contributed by atoms with Crippen LogP contribution in [0, 0.1) is 34.5 Å². The van der Waals surface area contributed by atoms with Crippen LogP contribution in [0.15, 0.2) is 23.3 Å². The van der Waals surface area contributed by atoms with E-state index in [1.54, 1.807) is 19.9 Å². The van der Waals surface area contributed by atoms with Gasteiger partial charge in [0.2, 0.25) is 0 Å². The smallest absolute Gasteiger partial charge is 0.333 e. The number of aliphatic hydroxyl groups is 1. The van der Waals surface area contributed by atoms with E-state index in [2.05, 4.69) is 19.9 Å². The Morgan fingerprint density at radius 2 is 1.90 bits per heavy atom. The summed E-state index contributed by atoms with van der Waals surface area (Å²) in [6.07, 6.45) is 10.2. The van der Waals surface area contributed by atoms with Crippen molar-refractivity contribution in [2.75, 3.05) is 0 Å². The molecular formula is C26H38O4. The lowest BCUT2D eigenvalue weighted by molar-refractivity contribution is -0.177. The molecule has 4 aliphatic carbocycles. The molecule has 0 aromatic carbocycles. The van der Waals surface area contributed by atoms with Crippen LogP contribution in [-0.2, 0) is 14.3 Å². The number of ether oxygens (including phenoxy) is 1. The van der Waals surface area contributed by atoms with Crippen molar-refractivity contribution in [3.8, 4) is 0 Å². The topological polar surface area (TPSA) is 63.6 Å². The zero-order chi connectivity index (χ0) is 21.8. The summed E-state index contributed by atoms with van der Waals surface area (Å²) in [5.41, 5.74) is 1.82. The summed E-state index contributed by atoms with van der Waals surface area (Å²) in [5, 5.41) is 10.3. The second kappa shape index (κ2) is 7.62.